The van der Waals surface area contributed by atoms with Gasteiger partial charge in [-0.05, 0) is 6.42 Å². The average Bonchev–Trinajstić information content (AvgIpc) is 2.88. The van der Waals surface area contributed by atoms with Crippen molar-refractivity contribution < 1.29 is 4.79 Å². The third-order valence-corrected chi connectivity index (χ3v) is 3.15. The minimum atomic E-state index is -0.329. The van der Waals surface area contributed by atoms with Gasteiger partial charge >= 0.3 is 4.87 Å². The SMILES string of the molecule is CCCNc1cncc(C(=O)NCc2csc(=O)[nH]2)n1. The molecule has 0 aliphatic heterocycles. The Balaban J connectivity index is 1.96. The number of hydrogen-bond acceptors (Lipinski definition) is 6. The molecule has 0 aromatic carbocycles. The van der Waals surface area contributed by atoms with Gasteiger partial charge in [-0.25, -0.2) is 4.98 Å². The van der Waals surface area contributed by atoms with Crippen LogP contribution in [-0.4, -0.2) is 27.4 Å². The average molecular weight is 293 g/mol. The molecular weight excluding hydrogens is 278 g/mol. The number of aromatic amines is 1. The lowest BCUT2D eigenvalue weighted by Crippen LogP contribution is -2.24. The Morgan fingerprint density at radius 1 is 1.45 bits per heavy atom. The first kappa shape index (κ1) is 14.2. The second-order valence-corrected chi connectivity index (χ2v) is 4.91. The van der Waals surface area contributed by atoms with Gasteiger partial charge in [0.25, 0.3) is 5.91 Å². The van der Waals surface area contributed by atoms with Crippen LogP contribution in [0.5, 0.6) is 0 Å². The van der Waals surface area contributed by atoms with Crippen molar-refractivity contribution >= 4 is 23.1 Å². The number of rotatable bonds is 6. The number of amides is 1. The topological polar surface area (TPSA) is 99.8 Å². The van der Waals surface area contributed by atoms with E-state index in [1.54, 1.807) is 11.6 Å². The van der Waals surface area contributed by atoms with Crippen LogP contribution in [0.15, 0.2) is 22.6 Å². The van der Waals surface area contributed by atoms with Gasteiger partial charge in [0.1, 0.15) is 11.5 Å². The minimum Gasteiger partial charge on any atom is -0.369 e. The van der Waals surface area contributed by atoms with Gasteiger partial charge in [0.05, 0.1) is 18.9 Å². The first-order chi connectivity index (χ1) is 9.69. The summed E-state index contributed by atoms with van der Waals surface area (Å²) >= 11 is 1.06. The van der Waals surface area contributed by atoms with E-state index in [0.29, 0.717) is 11.5 Å². The van der Waals surface area contributed by atoms with Gasteiger partial charge in [-0.1, -0.05) is 18.3 Å². The van der Waals surface area contributed by atoms with Crippen molar-refractivity contribution in [3.8, 4) is 0 Å². The predicted octanol–water partition coefficient (Wildman–Crippen LogP) is 0.978. The van der Waals surface area contributed by atoms with E-state index in [4.69, 9.17) is 0 Å². The summed E-state index contributed by atoms with van der Waals surface area (Å²) in [4.78, 5) is 33.5. The van der Waals surface area contributed by atoms with Crippen LogP contribution in [0.2, 0.25) is 0 Å². The molecule has 0 atom stereocenters. The molecule has 3 N–H and O–H groups in total. The number of hydrogen-bond donors (Lipinski definition) is 3. The standard InChI is InChI=1S/C12H15N5O2S/c1-2-3-14-10-6-13-5-9(17-10)11(18)15-4-8-7-20-12(19)16-8/h5-7H,2-4H2,1H3,(H,14,17)(H,15,18)(H,16,19). The molecule has 106 valence electrons. The van der Waals surface area contributed by atoms with Crippen LogP contribution in [0.4, 0.5) is 5.82 Å². The van der Waals surface area contributed by atoms with Crippen molar-refractivity contribution in [3.05, 3.63) is 38.8 Å². The molecule has 20 heavy (non-hydrogen) atoms. The van der Waals surface area contributed by atoms with Gasteiger partial charge in [0.15, 0.2) is 0 Å². The zero-order chi connectivity index (χ0) is 14.4. The number of nitrogens with zero attached hydrogens (tertiary/aromatic N) is 2. The Morgan fingerprint density at radius 3 is 3.00 bits per heavy atom. The Kier molecular flexibility index (Phi) is 4.83. The molecule has 2 aromatic rings. The molecule has 2 rings (SSSR count). The minimum absolute atomic E-state index is 0.139. The first-order valence-electron chi connectivity index (χ1n) is 6.20. The van der Waals surface area contributed by atoms with E-state index >= 15 is 0 Å². The molecule has 0 radical (unpaired) electrons. The highest BCUT2D eigenvalue weighted by Crippen LogP contribution is 2.03. The second kappa shape index (κ2) is 6.80. The van der Waals surface area contributed by atoms with E-state index in [2.05, 4.69) is 25.6 Å². The van der Waals surface area contributed by atoms with Crippen LogP contribution in [-0.2, 0) is 6.54 Å². The fourth-order valence-electron chi connectivity index (χ4n) is 1.48. The summed E-state index contributed by atoms with van der Waals surface area (Å²) < 4.78 is 0. The Morgan fingerprint density at radius 2 is 2.30 bits per heavy atom. The molecule has 1 amide bonds. The molecule has 0 aliphatic carbocycles. The maximum absolute atomic E-state index is 11.9. The lowest BCUT2D eigenvalue weighted by molar-refractivity contribution is 0.0945. The summed E-state index contributed by atoms with van der Waals surface area (Å²) in [6, 6.07) is 0. The number of nitrogens with one attached hydrogen (secondary N) is 3. The van der Waals surface area contributed by atoms with E-state index in [1.165, 1.54) is 6.20 Å². The van der Waals surface area contributed by atoms with E-state index in [0.717, 1.165) is 24.3 Å². The van der Waals surface area contributed by atoms with Gasteiger partial charge in [-0.2, -0.15) is 0 Å². The fraction of sp³-hybridized carbons (Fsp3) is 0.333. The fourth-order valence-corrected chi connectivity index (χ4v) is 2.06. The summed E-state index contributed by atoms with van der Waals surface area (Å²) in [5.74, 6) is 0.244. The normalized spacial score (nSPS) is 10.2. The molecule has 0 fully saturated rings. The molecule has 0 aliphatic rings. The van der Waals surface area contributed by atoms with Crippen molar-refractivity contribution in [1.82, 2.24) is 20.3 Å². The summed E-state index contributed by atoms with van der Waals surface area (Å²) in [6.45, 7) is 3.07. The van der Waals surface area contributed by atoms with Gasteiger partial charge in [0, 0.05) is 17.6 Å². The van der Waals surface area contributed by atoms with Crippen LogP contribution < -0.4 is 15.5 Å². The maximum Gasteiger partial charge on any atom is 0.304 e. The van der Waals surface area contributed by atoms with Crippen LogP contribution in [0, 0.1) is 0 Å². The zero-order valence-corrected chi connectivity index (χ0v) is 11.8. The van der Waals surface area contributed by atoms with Gasteiger partial charge in [0.2, 0.25) is 0 Å². The van der Waals surface area contributed by atoms with E-state index < -0.39 is 0 Å². The van der Waals surface area contributed by atoms with Crippen LogP contribution >= 0.6 is 11.3 Å². The van der Waals surface area contributed by atoms with Gasteiger partial charge < -0.3 is 15.6 Å². The summed E-state index contributed by atoms with van der Waals surface area (Å²) in [6.07, 6.45) is 3.94. The predicted molar refractivity (Wildman–Crippen MR) is 76.9 cm³/mol. The zero-order valence-electron chi connectivity index (χ0n) is 11.0. The summed E-state index contributed by atoms with van der Waals surface area (Å²) in [5, 5.41) is 7.42. The lowest BCUT2D eigenvalue weighted by atomic mass is 10.4. The molecule has 2 aromatic heterocycles. The van der Waals surface area contributed by atoms with Gasteiger partial charge in [-0.15, -0.1) is 0 Å². The molecule has 2 heterocycles. The summed E-state index contributed by atoms with van der Waals surface area (Å²) in [5.41, 5.74) is 0.908. The monoisotopic (exact) mass is 293 g/mol. The van der Waals surface area contributed by atoms with Crippen LogP contribution in [0.25, 0.3) is 0 Å². The maximum atomic E-state index is 11.9. The third kappa shape index (κ3) is 3.89. The third-order valence-electron chi connectivity index (χ3n) is 2.43. The molecule has 0 spiro atoms. The quantitative estimate of drug-likeness (QED) is 0.737. The Hall–Kier alpha value is -2.22. The van der Waals surface area contributed by atoms with Crippen molar-refractivity contribution in [1.29, 1.82) is 0 Å². The second-order valence-electron chi connectivity index (χ2n) is 4.07. The lowest BCUT2D eigenvalue weighted by Gasteiger charge is -2.06. The molecule has 0 bridgehead atoms. The van der Waals surface area contributed by atoms with Crippen molar-refractivity contribution in [2.24, 2.45) is 0 Å². The first-order valence-corrected chi connectivity index (χ1v) is 7.08. The number of carbonyl (C=O) groups is 1. The number of aromatic nitrogens is 3. The summed E-state index contributed by atoms with van der Waals surface area (Å²) in [7, 11) is 0. The van der Waals surface area contributed by atoms with Crippen LogP contribution in [0.1, 0.15) is 29.5 Å². The number of carbonyl (C=O) groups excluding carboxylic acids is 1. The largest absolute Gasteiger partial charge is 0.369 e. The van der Waals surface area contributed by atoms with Crippen molar-refractivity contribution in [2.75, 3.05) is 11.9 Å². The van der Waals surface area contributed by atoms with Crippen LogP contribution in [0.3, 0.4) is 0 Å². The number of thiazole rings is 1. The van der Waals surface area contributed by atoms with Crippen molar-refractivity contribution in [2.45, 2.75) is 19.9 Å². The highest BCUT2D eigenvalue weighted by Gasteiger charge is 2.09. The van der Waals surface area contributed by atoms with E-state index in [-0.39, 0.29) is 23.0 Å². The Labute approximate surface area is 119 Å². The molecule has 0 unspecified atom stereocenters. The molecule has 0 saturated carbocycles. The van der Waals surface area contributed by atoms with Crippen molar-refractivity contribution in [3.63, 3.8) is 0 Å². The van der Waals surface area contributed by atoms with Gasteiger partial charge in [-0.3, -0.25) is 14.6 Å². The smallest absolute Gasteiger partial charge is 0.304 e. The highest BCUT2D eigenvalue weighted by molar-refractivity contribution is 7.07. The molecule has 0 saturated heterocycles. The molecule has 7 nitrogen and oxygen atoms in total. The number of H-pyrrole nitrogens is 1. The Bertz CT molecular complexity index is 637. The van der Waals surface area contributed by atoms with E-state index in [9.17, 15) is 9.59 Å². The van der Waals surface area contributed by atoms with E-state index in [1.807, 2.05) is 6.92 Å². The molecule has 8 heteroatoms. The molecular formula is C12H15N5O2S. The highest BCUT2D eigenvalue weighted by atomic mass is 32.1. The number of anilines is 1.